The Morgan fingerprint density at radius 3 is 2.89 bits per heavy atom. The van der Waals surface area contributed by atoms with Gasteiger partial charge >= 0.3 is 0 Å². The monoisotopic (exact) mass is 310 g/mol. The normalized spacial score (nSPS) is 19.1. The number of benzene rings is 1. The predicted molar refractivity (Wildman–Crippen MR) is 73.3 cm³/mol. The summed E-state index contributed by atoms with van der Waals surface area (Å²) in [4.78, 5) is 25.4. The van der Waals surface area contributed by atoms with Crippen molar-refractivity contribution in [3.8, 4) is 0 Å². The molecule has 1 saturated heterocycles. The lowest BCUT2D eigenvalue weighted by molar-refractivity contribution is -0.126. The molecule has 1 N–H and O–H groups in total. The molecule has 18 heavy (non-hydrogen) atoms. The van der Waals surface area contributed by atoms with Gasteiger partial charge in [0.1, 0.15) is 0 Å². The van der Waals surface area contributed by atoms with Crippen molar-refractivity contribution in [2.24, 2.45) is 5.92 Å². The van der Waals surface area contributed by atoms with Crippen LogP contribution >= 0.6 is 15.9 Å². The van der Waals surface area contributed by atoms with Gasteiger partial charge in [0.05, 0.1) is 11.6 Å². The average Bonchev–Trinajstić information content (AvgIpc) is 2.72. The molecule has 0 aliphatic carbocycles. The Hall–Kier alpha value is -1.36. The third kappa shape index (κ3) is 2.56. The van der Waals surface area contributed by atoms with Crippen molar-refractivity contribution in [1.82, 2.24) is 5.32 Å². The van der Waals surface area contributed by atoms with E-state index in [4.69, 9.17) is 0 Å². The highest BCUT2D eigenvalue weighted by Crippen LogP contribution is 2.31. The van der Waals surface area contributed by atoms with Crippen molar-refractivity contribution in [2.75, 3.05) is 18.0 Å². The first kappa shape index (κ1) is 13.1. The second kappa shape index (κ2) is 5.52. The first-order valence-electron chi connectivity index (χ1n) is 5.96. The van der Waals surface area contributed by atoms with E-state index in [1.54, 1.807) is 4.90 Å². The van der Waals surface area contributed by atoms with Gasteiger partial charge in [-0.2, -0.15) is 0 Å². The van der Waals surface area contributed by atoms with Crippen molar-refractivity contribution in [3.05, 3.63) is 28.7 Å². The van der Waals surface area contributed by atoms with Crippen LogP contribution in [-0.2, 0) is 9.59 Å². The minimum absolute atomic E-state index is 0.00171. The molecule has 1 unspecified atom stereocenters. The highest BCUT2D eigenvalue weighted by molar-refractivity contribution is 9.10. The molecule has 1 fully saturated rings. The third-order valence-corrected chi connectivity index (χ3v) is 3.66. The van der Waals surface area contributed by atoms with Crippen molar-refractivity contribution < 1.29 is 9.59 Å². The molecular weight excluding hydrogens is 296 g/mol. The standard InChI is InChI=1S/C13H15BrN2O2/c1-2-15-13(18)9-7-12(17)16(8-9)11-6-4-3-5-10(11)14/h3-6,9H,2,7-8H2,1H3,(H,15,18). The van der Waals surface area contributed by atoms with Crippen molar-refractivity contribution >= 4 is 33.4 Å². The fourth-order valence-corrected chi connectivity index (χ4v) is 2.60. The maximum atomic E-state index is 12.0. The molecule has 0 radical (unpaired) electrons. The van der Waals surface area contributed by atoms with Gasteiger partial charge in [-0.05, 0) is 35.0 Å². The van der Waals surface area contributed by atoms with Crippen LogP contribution < -0.4 is 10.2 Å². The van der Waals surface area contributed by atoms with E-state index >= 15 is 0 Å². The number of nitrogens with one attached hydrogen (secondary N) is 1. The molecule has 2 rings (SSSR count). The molecule has 0 spiro atoms. The van der Waals surface area contributed by atoms with Gasteiger partial charge in [0.25, 0.3) is 0 Å². The largest absolute Gasteiger partial charge is 0.356 e. The number of amides is 2. The molecule has 1 aliphatic rings. The number of hydrogen-bond donors (Lipinski definition) is 1. The molecule has 4 nitrogen and oxygen atoms in total. The number of halogens is 1. The zero-order chi connectivity index (χ0) is 13.1. The number of carbonyl (C=O) groups is 2. The van der Waals surface area contributed by atoms with Crippen molar-refractivity contribution in [3.63, 3.8) is 0 Å². The smallest absolute Gasteiger partial charge is 0.227 e. The second-order valence-electron chi connectivity index (χ2n) is 4.25. The first-order valence-corrected chi connectivity index (χ1v) is 6.75. The summed E-state index contributed by atoms with van der Waals surface area (Å²) in [6, 6.07) is 7.55. The maximum Gasteiger partial charge on any atom is 0.227 e. The Kier molecular flexibility index (Phi) is 4.01. The summed E-state index contributed by atoms with van der Waals surface area (Å²) >= 11 is 3.43. The molecule has 2 amide bonds. The van der Waals surface area contributed by atoms with Gasteiger partial charge < -0.3 is 10.2 Å². The summed E-state index contributed by atoms with van der Waals surface area (Å²) in [5.41, 5.74) is 0.828. The number of carbonyl (C=O) groups excluding carboxylic acids is 2. The lowest BCUT2D eigenvalue weighted by Crippen LogP contribution is -2.32. The molecule has 0 saturated carbocycles. The number of hydrogen-bond acceptors (Lipinski definition) is 2. The molecular formula is C13H15BrN2O2. The Bertz CT molecular complexity index is 476. The fraction of sp³-hybridized carbons (Fsp3) is 0.385. The molecule has 1 heterocycles. The number of anilines is 1. The summed E-state index contributed by atoms with van der Waals surface area (Å²) in [7, 11) is 0. The number of rotatable bonds is 3. The predicted octanol–water partition coefficient (Wildman–Crippen LogP) is 1.94. The van der Waals surface area contributed by atoms with E-state index in [9.17, 15) is 9.59 Å². The van der Waals surface area contributed by atoms with Crippen LogP contribution in [0.3, 0.4) is 0 Å². The topological polar surface area (TPSA) is 49.4 Å². The van der Waals surface area contributed by atoms with Crippen LogP contribution in [0.4, 0.5) is 5.69 Å². The molecule has 0 aromatic heterocycles. The molecule has 1 aliphatic heterocycles. The van der Waals surface area contributed by atoms with E-state index in [-0.39, 0.29) is 24.2 Å². The van der Waals surface area contributed by atoms with Crippen LogP contribution in [0.2, 0.25) is 0 Å². The van der Waals surface area contributed by atoms with E-state index in [1.165, 1.54) is 0 Å². The van der Waals surface area contributed by atoms with Crippen molar-refractivity contribution in [2.45, 2.75) is 13.3 Å². The van der Waals surface area contributed by atoms with E-state index in [0.29, 0.717) is 13.1 Å². The molecule has 1 aromatic rings. The Morgan fingerprint density at radius 1 is 1.50 bits per heavy atom. The van der Waals surface area contributed by atoms with Gasteiger partial charge in [0.15, 0.2) is 0 Å². The Labute approximate surface area is 114 Å². The van der Waals surface area contributed by atoms with Gasteiger partial charge in [-0.25, -0.2) is 0 Å². The second-order valence-corrected chi connectivity index (χ2v) is 5.11. The number of nitrogens with zero attached hydrogens (tertiary/aromatic N) is 1. The van der Waals surface area contributed by atoms with Gasteiger partial charge in [0.2, 0.25) is 11.8 Å². The van der Waals surface area contributed by atoms with Crippen LogP contribution in [0.15, 0.2) is 28.7 Å². The summed E-state index contributed by atoms with van der Waals surface area (Å²) in [5.74, 6) is -0.289. The van der Waals surface area contributed by atoms with E-state index in [2.05, 4.69) is 21.2 Å². The van der Waals surface area contributed by atoms with Gasteiger partial charge in [-0.15, -0.1) is 0 Å². The van der Waals surface area contributed by atoms with Gasteiger partial charge in [-0.3, -0.25) is 9.59 Å². The first-order chi connectivity index (χ1) is 8.63. The van der Waals surface area contributed by atoms with Crippen LogP contribution in [0.5, 0.6) is 0 Å². The molecule has 0 bridgehead atoms. The van der Waals surface area contributed by atoms with Crippen LogP contribution in [0, 0.1) is 5.92 Å². The zero-order valence-corrected chi connectivity index (χ0v) is 11.7. The highest BCUT2D eigenvalue weighted by atomic mass is 79.9. The van der Waals surface area contributed by atoms with Crippen LogP contribution in [-0.4, -0.2) is 24.9 Å². The maximum absolute atomic E-state index is 12.0. The molecule has 1 atom stereocenters. The number of para-hydroxylation sites is 1. The van der Waals surface area contributed by atoms with Crippen molar-refractivity contribution in [1.29, 1.82) is 0 Å². The summed E-state index contributed by atoms with van der Waals surface area (Å²) in [6.07, 6.45) is 0.285. The fourth-order valence-electron chi connectivity index (χ4n) is 2.11. The zero-order valence-electron chi connectivity index (χ0n) is 10.1. The van der Waals surface area contributed by atoms with E-state index in [0.717, 1.165) is 10.2 Å². The minimum atomic E-state index is -0.246. The lowest BCUT2D eigenvalue weighted by atomic mass is 10.1. The summed E-state index contributed by atoms with van der Waals surface area (Å²) in [5, 5.41) is 2.77. The van der Waals surface area contributed by atoms with Crippen LogP contribution in [0.1, 0.15) is 13.3 Å². The summed E-state index contributed by atoms with van der Waals surface area (Å²) < 4.78 is 0.870. The quantitative estimate of drug-likeness (QED) is 0.927. The minimum Gasteiger partial charge on any atom is -0.356 e. The van der Waals surface area contributed by atoms with E-state index < -0.39 is 0 Å². The Morgan fingerprint density at radius 2 is 2.22 bits per heavy atom. The van der Waals surface area contributed by atoms with Gasteiger partial charge in [-0.1, -0.05) is 12.1 Å². The molecule has 1 aromatic carbocycles. The third-order valence-electron chi connectivity index (χ3n) is 2.99. The molecule has 96 valence electrons. The Balaban J connectivity index is 2.15. The molecule has 5 heteroatoms. The van der Waals surface area contributed by atoms with E-state index in [1.807, 2.05) is 31.2 Å². The highest BCUT2D eigenvalue weighted by Gasteiger charge is 2.35. The SMILES string of the molecule is CCNC(=O)C1CC(=O)N(c2ccccc2Br)C1. The summed E-state index contributed by atoms with van der Waals surface area (Å²) in [6.45, 7) is 2.92. The lowest BCUT2D eigenvalue weighted by Gasteiger charge is -2.18. The van der Waals surface area contributed by atoms with Gasteiger partial charge in [0, 0.05) is 24.0 Å². The van der Waals surface area contributed by atoms with Crippen LogP contribution in [0.25, 0.3) is 0 Å². The average molecular weight is 311 g/mol.